The Kier molecular flexibility index (Phi) is 8.78. The average Bonchev–Trinajstić information content (AvgIpc) is 3.44. The van der Waals surface area contributed by atoms with Gasteiger partial charge in [0.1, 0.15) is 17.6 Å². The van der Waals surface area contributed by atoms with Gasteiger partial charge in [-0.05, 0) is 35.4 Å². The van der Waals surface area contributed by atoms with Crippen molar-refractivity contribution in [1.82, 2.24) is 10.2 Å². The van der Waals surface area contributed by atoms with E-state index in [-0.39, 0.29) is 31.5 Å². The number of para-hydroxylation sites is 1. The van der Waals surface area contributed by atoms with E-state index in [0.717, 1.165) is 11.1 Å². The highest BCUT2D eigenvalue weighted by atomic mass is 35.5. The number of carbonyl (C=O) groups excluding carboxylic acids is 2. The molecule has 4 aromatic rings. The van der Waals surface area contributed by atoms with Gasteiger partial charge in [-0.15, -0.1) is 0 Å². The number of hydrogen-bond acceptors (Lipinski definition) is 4. The van der Waals surface area contributed by atoms with E-state index in [1.165, 1.54) is 0 Å². The van der Waals surface area contributed by atoms with Gasteiger partial charge in [0.2, 0.25) is 5.91 Å². The number of ether oxygens (including phenoxy) is 1. The summed E-state index contributed by atoms with van der Waals surface area (Å²) in [5.41, 5.74) is 1.84. The van der Waals surface area contributed by atoms with Gasteiger partial charge in [0.25, 0.3) is 5.91 Å². The second-order valence-corrected chi connectivity index (χ2v) is 8.64. The Bertz CT molecular complexity index is 1250. The Morgan fingerprint density at radius 3 is 2.19 bits per heavy atom. The predicted octanol–water partition coefficient (Wildman–Crippen LogP) is 5.27. The number of hydrogen-bond donors (Lipinski definition) is 1. The minimum absolute atomic E-state index is 0.223. The molecule has 1 heterocycles. The molecule has 0 fully saturated rings. The number of halogens is 1. The largest absolute Gasteiger partial charge is 0.482 e. The van der Waals surface area contributed by atoms with Gasteiger partial charge in [-0.2, -0.15) is 0 Å². The summed E-state index contributed by atoms with van der Waals surface area (Å²) in [5, 5.41) is 3.33. The molecule has 4 rings (SSSR count). The topological polar surface area (TPSA) is 71.8 Å². The Morgan fingerprint density at radius 1 is 0.861 bits per heavy atom. The van der Waals surface area contributed by atoms with Crippen LogP contribution >= 0.6 is 11.6 Å². The van der Waals surface area contributed by atoms with Crippen molar-refractivity contribution in [2.75, 3.05) is 6.61 Å². The standard InChI is InChI=1S/C29H27ClN2O4/c30-25-15-7-8-16-27(25)36-21-28(33)32(20-23-12-5-2-6-13-23)26(18-22-10-3-1-4-11-22)29(34)31-19-24-14-9-17-35-24/h1-17,26H,18-21H2,(H,31,34)/t26-/m1/s1. The van der Waals surface area contributed by atoms with Gasteiger partial charge < -0.3 is 19.4 Å². The number of carbonyl (C=O) groups is 2. The van der Waals surface area contributed by atoms with Crippen LogP contribution in [-0.2, 0) is 29.1 Å². The van der Waals surface area contributed by atoms with E-state index in [0.29, 0.717) is 23.0 Å². The van der Waals surface area contributed by atoms with Crippen molar-refractivity contribution < 1.29 is 18.7 Å². The van der Waals surface area contributed by atoms with Gasteiger partial charge in [0.05, 0.1) is 17.8 Å². The van der Waals surface area contributed by atoms with Crippen molar-refractivity contribution >= 4 is 23.4 Å². The Morgan fingerprint density at radius 2 is 1.53 bits per heavy atom. The summed E-state index contributed by atoms with van der Waals surface area (Å²) in [6.45, 7) is 0.213. The summed E-state index contributed by atoms with van der Waals surface area (Å²) >= 11 is 6.20. The smallest absolute Gasteiger partial charge is 0.261 e. The summed E-state index contributed by atoms with van der Waals surface area (Å²) in [4.78, 5) is 28.6. The molecule has 2 amide bonds. The van der Waals surface area contributed by atoms with Crippen LogP contribution in [0.1, 0.15) is 16.9 Å². The normalized spacial score (nSPS) is 11.5. The average molecular weight is 503 g/mol. The summed E-state index contributed by atoms with van der Waals surface area (Å²) < 4.78 is 11.1. The molecule has 0 saturated heterocycles. The lowest BCUT2D eigenvalue weighted by Gasteiger charge is -2.31. The van der Waals surface area contributed by atoms with Crippen LogP contribution in [0.3, 0.4) is 0 Å². The molecule has 0 aliphatic rings. The van der Waals surface area contributed by atoms with Crippen LogP contribution < -0.4 is 10.1 Å². The highest BCUT2D eigenvalue weighted by Gasteiger charge is 2.30. The first-order chi connectivity index (χ1) is 17.6. The third-order valence-electron chi connectivity index (χ3n) is 5.67. The lowest BCUT2D eigenvalue weighted by atomic mass is 10.0. The Balaban J connectivity index is 1.59. The first kappa shape index (κ1) is 25.1. The van der Waals surface area contributed by atoms with E-state index >= 15 is 0 Å². The molecule has 0 bridgehead atoms. The summed E-state index contributed by atoms with van der Waals surface area (Å²) in [6, 6.07) is 29.0. The number of rotatable bonds is 11. The molecule has 0 spiro atoms. The minimum atomic E-state index is -0.773. The molecule has 0 unspecified atom stereocenters. The molecule has 1 aromatic heterocycles. The fourth-order valence-corrected chi connectivity index (χ4v) is 4.01. The zero-order chi connectivity index (χ0) is 25.2. The molecule has 184 valence electrons. The van der Waals surface area contributed by atoms with Crippen molar-refractivity contribution in [2.45, 2.75) is 25.6 Å². The number of furan rings is 1. The van der Waals surface area contributed by atoms with Crippen LogP contribution in [-0.4, -0.2) is 29.4 Å². The van der Waals surface area contributed by atoms with Crippen LogP contribution in [0, 0.1) is 0 Å². The van der Waals surface area contributed by atoms with Crippen LogP contribution in [0.15, 0.2) is 108 Å². The molecule has 7 heteroatoms. The molecule has 1 N–H and O–H groups in total. The summed E-state index contributed by atoms with van der Waals surface area (Å²) in [6.07, 6.45) is 1.90. The zero-order valence-electron chi connectivity index (χ0n) is 19.7. The van der Waals surface area contributed by atoms with Gasteiger partial charge in [-0.25, -0.2) is 0 Å². The SMILES string of the molecule is O=C(NCc1ccco1)[C@@H](Cc1ccccc1)N(Cc1ccccc1)C(=O)COc1ccccc1Cl. The van der Waals surface area contributed by atoms with Crippen LogP contribution in [0.4, 0.5) is 0 Å². The number of nitrogens with one attached hydrogen (secondary N) is 1. The molecule has 6 nitrogen and oxygen atoms in total. The molecule has 1 atom stereocenters. The van der Waals surface area contributed by atoms with Crippen LogP contribution in [0.5, 0.6) is 5.75 Å². The molecular weight excluding hydrogens is 476 g/mol. The number of amides is 2. The maximum Gasteiger partial charge on any atom is 0.261 e. The highest BCUT2D eigenvalue weighted by molar-refractivity contribution is 6.32. The lowest BCUT2D eigenvalue weighted by molar-refractivity contribution is -0.142. The van der Waals surface area contributed by atoms with Crippen molar-refractivity contribution in [3.05, 3.63) is 125 Å². The van der Waals surface area contributed by atoms with Gasteiger partial charge in [-0.3, -0.25) is 9.59 Å². The van der Waals surface area contributed by atoms with E-state index in [2.05, 4.69) is 5.32 Å². The van der Waals surface area contributed by atoms with Crippen molar-refractivity contribution in [1.29, 1.82) is 0 Å². The molecule has 0 radical (unpaired) electrons. The second-order valence-electron chi connectivity index (χ2n) is 8.23. The lowest BCUT2D eigenvalue weighted by Crippen LogP contribution is -2.51. The predicted molar refractivity (Wildman–Crippen MR) is 138 cm³/mol. The fraction of sp³-hybridized carbons (Fsp3) is 0.172. The maximum atomic E-state index is 13.6. The van der Waals surface area contributed by atoms with E-state index < -0.39 is 6.04 Å². The fourth-order valence-electron chi connectivity index (χ4n) is 3.82. The highest BCUT2D eigenvalue weighted by Crippen LogP contribution is 2.23. The van der Waals surface area contributed by atoms with Gasteiger partial charge >= 0.3 is 0 Å². The summed E-state index contributed by atoms with van der Waals surface area (Å²) in [7, 11) is 0. The van der Waals surface area contributed by atoms with Crippen LogP contribution in [0.25, 0.3) is 0 Å². The Labute approximate surface area is 215 Å². The van der Waals surface area contributed by atoms with E-state index in [1.807, 2.05) is 60.7 Å². The van der Waals surface area contributed by atoms with E-state index in [9.17, 15) is 9.59 Å². The maximum absolute atomic E-state index is 13.6. The summed E-state index contributed by atoms with van der Waals surface area (Å²) in [5.74, 6) is 0.434. The number of benzene rings is 3. The zero-order valence-corrected chi connectivity index (χ0v) is 20.4. The third-order valence-corrected chi connectivity index (χ3v) is 5.98. The van der Waals surface area contributed by atoms with Gasteiger partial charge in [0, 0.05) is 13.0 Å². The molecular formula is C29H27ClN2O4. The minimum Gasteiger partial charge on any atom is -0.482 e. The Hall–Kier alpha value is -4.03. The van der Waals surface area contributed by atoms with E-state index in [4.69, 9.17) is 20.8 Å². The number of nitrogens with zero attached hydrogens (tertiary/aromatic N) is 1. The van der Waals surface area contributed by atoms with Crippen LogP contribution in [0.2, 0.25) is 5.02 Å². The second kappa shape index (κ2) is 12.6. The molecule has 0 aliphatic carbocycles. The molecule has 0 aliphatic heterocycles. The first-order valence-electron chi connectivity index (χ1n) is 11.6. The van der Waals surface area contributed by atoms with Gasteiger partial charge in [-0.1, -0.05) is 84.4 Å². The molecule has 36 heavy (non-hydrogen) atoms. The van der Waals surface area contributed by atoms with Crippen molar-refractivity contribution in [3.8, 4) is 5.75 Å². The first-order valence-corrected chi connectivity index (χ1v) is 12.0. The van der Waals surface area contributed by atoms with Crippen molar-refractivity contribution in [2.24, 2.45) is 0 Å². The molecule has 0 saturated carbocycles. The van der Waals surface area contributed by atoms with Gasteiger partial charge in [0.15, 0.2) is 6.61 Å². The molecule has 3 aromatic carbocycles. The quantitative estimate of drug-likeness (QED) is 0.303. The monoisotopic (exact) mass is 502 g/mol. The van der Waals surface area contributed by atoms with Crippen molar-refractivity contribution in [3.63, 3.8) is 0 Å². The third kappa shape index (κ3) is 6.99. The van der Waals surface area contributed by atoms with E-state index in [1.54, 1.807) is 47.6 Å².